The summed E-state index contributed by atoms with van der Waals surface area (Å²) in [6, 6.07) is 4.44. The number of carbonyl (C=O) groups is 1. The summed E-state index contributed by atoms with van der Waals surface area (Å²) in [5, 5.41) is 2.97. The van der Waals surface area contributed by atoms with Crippen LogP contribution >= 0.6 is 0 Å². The molecule has 0 amide bonds. The first kappa shape index (κ1) is 11.9. The van der Waals surface area contributed by atoms with Crippen LogP contribution in [0.2, 0.25) is 0 Å². The van der Waals surface area contributed by atoms with Gasteiger partial charge in [0.05, 0.1) is 28.5 Å². The summed E-state index contributed by atoms with van der Waals surface area (Å²) in [6.07, 6.45) is 0. The van der Waals surface area contributed by atoms with E-state index in [0.717, 1.165) is 0 Å². The summed E-state index contributed by atoms with van der Waals surface area (Å²) in [7, 11) is -3.21. The predicted molar refractivity (Wildman–Crippen MR) is 62.9 cm³/mol. The topological polar surface area (TPSA) is 72.5 Å². The molecule has 2 rings (SSSR count). The molecule has 0 saturated carbocycles. The average molecular weight is 255 g/mol. The molecule has 0 atom stereocenters. The maximum Gasteiger partial charge on any atom is 0.338 e. The molecule has 0 aliphatic carbocycles. The van der Waals surface area contributed by atoms with Crippen LogP contribution in [0.4, 0.5) is 5.69 Å². The average Bonchev–Trinajstić information content (AvgIpc) is 2.28. The van der Waals surface area contributed by atoms with Gasteiger partial charge in [-0.1, -0.05) is 0 Å². The minimum Gasteiger partial charge on any atom is -0.462 e. The lowest BCUT2D eigenvalue weighted by Crippen LogP contribution is -2.23. The molecule has 92 valence electrons. The van der Waals surface area contributed by atoms with Crippen LogP contribution in [-0.4, -0.2) is 33.3 Å². The molecule has 0 aromatic heterocycles. The Balaban J connectivity index is 2.41. The second-order valence-corrected chi connectivity index (χ2v) is 5.75. The number of sulfone groups is 1. The van der Waals surface area contributed by atoms with E-state index in [0.29, 0.717) is 24.4 Å². The maximum atomic E-state index is 11.7. The van der Waals surface area contributed by atoms with Gasteiger partial charge in [-0.05, 0) is 25.1 Å². The normalized spacial score (nSPS) is 16.8. The highest BCUT2D eigenvalue weighted by molar-refractivity contribution is 7.91. The third kappa shape index (κ3) is 2.26. The predicted octanol–water partition coefficient (Wildman–Crippen LogP) is 1.06. The molecule has 0 spiro atoms. The van der Waals surface area contributed by atoms with E-state index < -0.39 is 15.8 Å². The van der Waals surface area contributed by atoms with Crippen molar-refractivity contribution in [3.8, 4) is 0 Å². The Labute approximate surface area is 99.7 Å². The van der Waals surface area contributed by atoms with Crippen LogP contribution < -0.4 is 5.32 Å². The van der Waals surface area contributed by atoms with E-state index in [9.17, 15) is 13.2 Å². The van der Waals surface area contributed by atoms with E-state index in [1.165, 1.54) is 18.2 Å². The zero-order chi connectivity index (χ0) is 12.5. The van der Waals surface area contributed by atoms with Crippen molar-refractivity contribution in [1.29, 1.82) is 0 Å². The number of rotatable bonds is 2. The van der Waals surface area contributed by atoms with Crippen molar-refractivity contribution in [2.24, 2.45) is 0 Å². The summed E-state index contributed by atoms with van der Waals surface area (Å²) >= 11 is 0. The fourth-order valence-electron chi connectivity index (χ4n) is 1.71. The lowest BCUT2D eigenvalue weighted by atomic mass is 10.2. The second kappa shape index (κ2) is 4.37. The lowest BCUT2D eigenvalue weighted by molar-refractivity contribution is 0.0526. The number of benzene rings is 1. The number of ether oxygens (including phenoxy) is 1. The Bertz CT molecular complexity index is 551. The monoisotopic (exact) mass is 255 g/mol. The fourth-order valence-corrected chi connectivity index (χ4v) is 3.04. The van der Waals surface area contributed by atoms with Gasteiger partial charge in [0.25, 0.3) is 0 Å². The minimum atomic E-state index is -3.21. The molecule has 1 N–H and O–H groups in total. The summed E-state index contributed by atoms with van der Waals surface area (Å²) in [5.74, 6) is -0.362. The van der Waals surface area contributed by atoms with Gasteiger partial charge in [0.1, 0.15) is 0 Å². The molecule has 1 aromatic rings. The van der Waals surface area contributed by atoms with Gasteiger partial charge < -0.3 is 10.1 Å². The molecular weight excluding hydrogens is 242 g/mol. The Morgan fingerprint density at radius 1 is 1.47 bits per heavy atom. The third-order valence-corrected chi connectivity index (χ3v) is 4.28. The molecule has 1 aliphatic rings. The van der Waals surface area contributed by atoms with E-state index in [-0.39, 0.29) is 10.6 Å². The number of hydrogen-bond acceptors (Lipinski definition) is 5. The van der Waals surface area contributed by atoms with E-state index >= 15 is 0 Å². The first-order valence-corrected chi connectivity index (χ1v) is 6.97. The van der Waals surface area contributed by atoms with Gasteiger partial charge in [0, 0.05) is 6.54 Å². The van der Waals surface area contributed by atoms with Crippen LogP contribution in [0.3, 0.4) is 0 Å². The van der Waals surface area contributed by atoms with E-state index in [1.54, 1.807) is 6.92 Å². The molecule has 6 heteroatoms. The van der Waals surface area contributed by atoms with E-state index in [1.807, 2.05) is 0 Å². The smallest absolute Gasteiger partial charge is 0.338 e. The Hall–Kier alpha value is -1.56. The molecule has 0 unspecified atom stereocenters. The van der Waals surface area contributed by atoms with Crippen LogP contribution in [0.1, 0.15) is 17.3 Å². The van der Waals surface area contributed by atoms with Crippen LogP contribution in [0, 0.1) is 0 Å². The van der Waals surface area contributed by atoms with Gasteiger partial charge in [-0.15, -0.1) is 0 Å². The Kier molecular flexibility index (Phi) is 3.06. The SMILES string of the molecule is CCOC(=O)c1ccc2c(c1)NCCS2(=O)=O. The van der Waals surface area contributed by atoms with Gasteiger partial charge >= 0.3 is 5.97 Å². The van der Waals surface area contributed by atoms with Crippen molar-refractivity contribution in [2.75, 3.05) is 24.2 Å². The molecule has 1 heterocycles. The number of anilines is 1. The third-order valence-electron chi connectivity index (χ3n) is 2.51. The number of carbonyl (C=O) groups excluding carboxylic acids is 1. The molecule has 0 fully saturated rings. The quantitative estimate of drug-likeness (QED) is 0.800. The largest absolute Gasteiger partial charge is 0.462 e. The van der Waals surface area contributed by atoms with E-state index in [2.05, 4.69) is 5.32 Å². The lowest BCUT2D eigenvalue weighted by Gasteiger charge is -2.18. The number of fused-ring (bicyclic) bond motifs is 1. The minimum absolute atomic E-state index is 0.0821. The molecule has 0 radical (unpaired) electrons. The van der Waals surface area contributed by atoms with Crippen LogP contribution in [0.25, 0.3) is 0 Å². The zero-order valence-electron chi connectivity index (χ0n) is 9.39. The zero-order valence-corrected chi connectivity index (χ0v) is 10.2. The van der Waals surface area contributed by atoms with Gasteiger partial charge in [0.2, 0.25) is 0 Å². The van der Waals surface area contributed by atoms with Gasteiger partial charge in [-0.2, -0.15) is 0 Å². The Morgan fingerprint density at radius 3 is 2.94 bits per heavy atom. The van der Waals surface area contributed by atoms with Gasteiger partial charge in [-0.25, -0.2) is 13.2 Å². The molecular formula is C11H13NO4S. The number of esters is 1. The molecule has 5 nitrogen and oxygen atoms in total. The van der Waals surface area contributed by atoms with Crippen molar-refractivity contribution < 1.29 is 17.9 Å². The molecule has 1 aromatic carbocycles. The van der Waals surface area contributed by atoms with Crippen molar-refractivity contribution in [3.05, 3.63) is 23.8 Å². The number of nitrogens with one attached hydrogen (secondary N) is 1. The van der Waals surface area contributed by atoms with Crippen molar-refractivity contribution in [3.63, 3.8) is 0 Å². The van der Waals surface area contributed by atoms with Gasteiger partial charge in [-0.3, -0.25) is 0 Å². The summed E-state index contributed by atoms with van der Waals surface area (Å²) in [4.78, 5) is 11.7. The first-order chi connectivity index (χ1) is 8.04. The molecule has 0 bridgehead atoms. The molecule has 17 heavy (non-hydrogen) atoms. The summed E-state index contributed by atoms with van der Waals surface area (Å²) in [6.45, 7) is 2.38. The standard InChI is InChI=1S/C11H13NO4S/c1-2-16-11(13)8-3-4-10-9(7-8)12-5-6-17(10,14)15/h3-4,7,12H,2,5-6H2,1H3. The maximum absolute atomic E-state index is 11.7. The van der Waals surface area contributed by atoms with E-state index in [4.69, 9.17) is 4.74 Å². The highest BCUT2D eigenvalue weighted by Crippen LogP contribution is 2.27. The van der Waals surface area contributed by atoms with Crippen molar-refractivity contribution in [2.45, 2.75) is 11.8 Å². The summed E-state index contributed by atoms with van der Waals surface area (Å²) < 4.78 is 28.3. The second-order valence-electron chi connectivity index (χ2n) is 3.68. The number of hydrogen-bond donors (Lipinski definition) is 1. The highest BCUT2D eigenvalue weighted by atomic mass is 32.2. The fraction of sp³-hybridized carbons (Fsp3) is 0.364. The first-order valence-electron chi connectivity index (χ1n) is 5.32. The molecule has 0 saturated heterocycles. The highest BCUT2D eigenvalue weighted by Gasteiger charge is 2.24. The van der Waals surface area contributed by atoms with Crippen molar-refractivity contribution in [1.82, 2.24) is 0 Å². The van der Waals surface area contributed by atoms with Crippen LogP contribution in [-0.2, 0) is 14.6 Å². The molecule has 1 aliphatic heterocycles. The Morgan fingerprint density at radius 2 is 2.24 bits per heavy atom. The van der Waals surface area contributed by atoms with Crippen LogP contribution in [0.15, 0.2) is 23.1 Å². The van der Waals surface area contributed by atoms with Crippen LogP contribution in [0.5, 0.6) is 0 Å². The van der Waals surface area contributed by atoms with Gasteiger partial charge in [0.15, 0.2) is 9.84 Å². The summed E-state index contributed by atoms with van der Waals surface area (Å²) in [5.41, 5.74) is 0.831. The van der Waals surface area contributed by atoms with Crippen molar-refractivity contribution >= 4 is 21.5 Å².